The summed E-state index contributed by atoms with van der Waals surface area (Å²) in [6, 6.07) is 7.52. The second-order valence-electron chi connectivity index (χ2n) is 3.16. The molecule has 1 aliphatic heterocycles. The summed E-state index contributed by atoms with van der Waals surface area (Å²) < 4.78 is 10.9. The third-order valence-corrected chi connectivity index (χ3v) is 2.23. The van der Waals surface area contributed by atoms with Crippen LogP contribution in [0.4, 0.5) is 0 Å². The molecule has 0 aliphatic carbocycles. The molecule has 1 fully saturated rings. The van der Waals surface area contributed by atoms with E-state index in [2.05, 4.69) is 0 Å². The highest BCUT2D eigenvalue weighted by molar-refractivity contribution is 6.30. The fraction of sp³-hybridized carbons (Fsp3) is 0.400. The van der Waals surface area contributed by atoms with E-state index < -0.39 is 0 Å². The van der Waals surface area contributed by atoms with Crippen LogP contribution in [0.5, 0.6) is 0 Å². The van der Waals surface area contributed by atoms with Gasteiger partial charge >= 0.3 is 0 Å². The van der Waals surface area contributed by atoms with Gasteiger partial charge in [0.2, 0.25) is 0 Å². The predicted octanol–water partition coefficient (Wildman–Crippen LogP) is 2.77. The van der Waals surface area contributed by atoms with Gasteiger partial charge in [-0.05, 0) is 19.1 Å². The first kappa shape index (κ1) is 9.00. The summed E-state index contributed by atoms with van der Waals surface area (Å²) in [6.45, 7) is 2.66. The third kappa shape index (κ3) is 2.02. The Morgan fingerprint density at radius 1 is 1.31 bits per heavy atom. The fourth-order valence-corrected chi connectivity index (χ4v) is 1.43. The van der Waals surface area contributed by atoms with E-state index in [4.69, 9.17) is 21.1 Å². The minimum absolute atomic E-state index is 0.181. The normalized spacial score (nSPS) is 27.8. The molecule has 2 unspecified atom stereocenters. The molecular weight excluding hydrogens is 188 g/mol. The highest BCUT2D eigenvalue weighted by atomic mass is 35.5. The highest BCUT2D eigenvalue weighted by Gasteiger charge is 2.23. The zero-order chi connectivity index (χ0) is 9.26. The lowest BCUT2D eigenvalue weighted by molar-refractivity contribution is -0.0572. The van der Waals surface area contributed by atoms with Crippen LogP contribution in [-0.2, 0) is 9.47 Å². The monoisotopic (exact) mass is 198 g/mol. The number of hydrogen-bond acceptors (Lipinski definition) is 2. The molecule has 2 nitrogen and oxygen atoms in total. The molecular formula is C10H11ClO2. The standard InChI is InChI=1S/C10H11ClO2/c1-7-6-12-10(13-7)8-2-4-9(11)5-3-8/h2-5,7,10H,6H2,1H3. The Morgan fingerprint density at radius 3 is 2.54 bits per heavy atom. The molecule has 0 spiro atoms. The zero-order valence-corrected chi connectivity index (χ0v) is 8.12. The summed E-state index contributed by atoms with van der Waals surface area (Å²) in [4.78, 5) is 0. The Morgan fingerprint density at radius 2 is 2.00 bits per heavy atom. The first-order valence-electron chi connectivity index (χ1n) is 4.28. The lowest BCUT2D eigenvalue weighted by atomic mass is 10.2. The van der Waals surface area contributed by atoms with Gasteiger partial charge < -0.3 is 9.47 Å². The molecule has 1 heterocycles. The number of rotatable bonds is 1. The third-order valence-electron chi connectivity index (χ3n) is 1.98. The molecule has 2 rings (SSSR count). The van der Waals surface area contributed by atoms with E-state index in [9.17, 15) is 0 Å². The average Bonchev–Trinajstić information content (AvgIpc) is 2.53. The number of benzene rings is 1. The smallest absolute Gasteiger partial charge is 0.184 e. The van der Waals surface area contributed by atoms with Crippen molar-refractivity contribution in [2.24, 2.45) is 0 Å². The zero-order valence-electron chi connectivity index (χ0n) is 7.37. The second-order valence-corrected chi connectivity index (χ2v) is 3.60. The van der Waals surface area contributed by atoms with Crippen LogP contribution in [0.2, 0.25) is 5.02 Å². The summed E-state index contributed by atoms with van der Waals surface area (Å²) in [6.07, 6.45) is -0.0343. The van der Waals surface area contributed by atoms with E-state index in [-0.39, 0.29) is 12.4 Å². The SMILES string of the molecule is CC1COC(c2ccc(Cl)cc2)O1. The molecule has 0 N–H and O–H groups in total. The van der Waals surface area contributed by atoms with E-state index in [1.807, 2.05) is 31.2 Å². The maximum Gasteiger partial charge on any atom is 0.184 e. The number of hydrogen-bond donors (Lipinski definition) is 0. The summed E-state index contributed by atoms with van der Waals surface area (Å²) in [5.41, 5.74) is 1.02. The molecule has 3 heteroatoms. The Labute approximate surface area is 82.4 Å². The molecule has 0 bridgehead atoms. The van der Waals surface area contributed by atoms with Gasteiger partial charge in [0.05, 0.1) is 12.7 Å². The predicted molar refractivity (Wildman–Crippen MR) is 50.7 cm³/mol. The second kappa shape index (κ2) is 3.66. The molecule has 0 aromatic heterocycles. The molecule has 0 amide bonds. The lowest BCUT2D eigenvalue weighted by Gasteiger charge is -2.09. The van der Waals surface area contributed by atoms with Crippen molar-refractivity contribution in [3.8, 4) is 0 Å². The molecule has 1 aromatic carbocycles. The highest BCUT2D eigenvalue weighted by Crippen LogP contribution is 2.27. The van der Waals surface area contributed by atoms with E-state index in [0.717, 1.165) is 10.6 Å². The van der Waals surface area contributed by atoms with Crippen LogP contribution in [0.15, 0.2) is 24.3 Å². The van der Waals surface area contributed by atoms with Crippen molar-refractivity contribution < 1.29 is 9.47 Å². The van der Waals surface area contributed by atoms with Crippen LogP contribution in [-0.4, -0.2) is 12.7 Å². The van der Waals surface area contributed by atoms with Crippen LogP contribution in [0.1, 0.15) is 18.8 Å². The van der Waals surface area contributed by atoms with Gasteiger partial charge in [0.15, 0.2) is 6.29 Å². The van der Waals surface area contributed by atoms with Crippen molar-refractivity contribution in [3.05, 3.63) is 34.9 Å². The van der Waals surface area contributed by atoms with Gasteiger partial charge in [-0.3, -0.25) is 0 Å². The fourth-order valence-electron chi connectivity index (χ4n) is 1.31. The lowest BCUT2D eigenvalue weighted by Crippen LogP contribution is -2.02. The van der Waals surface area contributed by atoms with Crippen molar-refractivity contribution in [2.75, 3.05) is 6.61 Å². The van der Waals surface area contributed by atoms with Crippen molar-refractivity contribution in [1.82, 2.24) is 0 Å². The van der Waals surface area contributed by atoms with Gasteiger partial charge in [0.1, 0.15) is 0 Å². The average molecular weight is 199 g/mol. The summed E-state index contributed by atoms with van der Waals surface area (Å²) in [5, 5.41) is 0.731. The maximum atomic E-state index is 5.77. The molecule has 0 saturated carbocycles. The summed E-state index contributed by atoms with van der Waals surface area (Å²) in [5.74, 6) is 0. The Bertz CT molecular complexity index is 283. The number of halogens is 1. The van der Waals surface area contributed by atoms with Crippen molar-refractivity contribution in [1.29, 1.82) is 0 Å². The largest absolute Gasteiger partial charge is 0.346 e. The van der Waals surface area contributed by atoms with Crippen LogP contribution in [0, 0.1) is 0 Å². The van der Waals surface area contributed by atoms with E-state index >= 15 is 0 Å². The van der Waals surface area contributed by atoms with Crippen LogP contribution in [0.25, 0.3) is 0 Å². The van der Waals surface area contributed by atoms with Crippen LogP contribution in [0.3, 0.4) is 0 Å². The molecule has 13 heavy (non-hydrogen) atoms. The topological polar surface area (TPSA) is 18.5 Å². The van der Waals surface area contributed by atoms with Crippen LogP contribution < -0.4 is 0 Å². The summed E-state index contributed by atoms with van der Waals surface area (Å²) >= 11 is 5.77. The summed E-state index contributed by atoms with van der Waals surface area (Å²) in [7, 11) is 0. The van der Waals surface area contributed by atoms with Gasteiger partial charge in [-0.1, -0.05) is 23.7 Å². The maximum absolute atomic E-state index is 5.77. The molecule has 1 saturated heterocycles. The minimum atomic E-state index is -0.215. The first-order chi connectivity index (χ1) is 6.25. The van der Waals surface area contributed by atoms with Crippen LogP contribution >= 0.6 is 11.6 Å². The molecule has 1 aromatic rings. The van der Waals surface area contributed by atoms with Gasteiger partial charge in [-0.25, -0.2) is 0 Å². The van der Waals surface area contributed by atoms with Crippen molar-refractivity contribution in [3.63, 3.8) is 0 Å². The van der Waals surface area contributed by atoms with Crippen molar-refractivity contribution >= 4 is 11.6 Å². The van der Waals surface area contributed by atoms with E-state index in [0.29, 0.717) is 6.61 Å². The van der Waals surface area contributed by atoms with Gasteiger partial charge in [0, 0.05) is 10.6 Å². The Kier molecular flexibility index (Phi) is 2.54. The first-order valence-corrected chi connectivity index (χ1v) is 4.66. The Balaban J connectivity index is 2.13. The molecule has 70 valence electrons. The Hall–Kier alpha value is -0.570. The van der Waals surface area contributed by atoms with E-state index in [1.165, 1.54) is 0 Å². The van der Waals surface area contributed by atoms with Gasteiger partial charge in [-0.15, -0.1) is 0 Å². The van der Waals surface area contributed by atoms with Gasteiger partial charge in [-0.2, -0.15) is 0 Å². The minimum Gasteiger partial charge on any atom is -0.346 e. The molecule has 2 atom stereocenters. The van der Waals surface area contributed by atoms with E-state index in [1.54, 1.807) is 0 Å². The number of ether oxygens (including phenoxy) is 2. The quantitative estimate of drug-likeness (QED) is 0.691. The molecule has 0 radical (unpaired) electrons. The van der Waals surface area contributed by atoms with Crippen molar-refractivity contribution in [2.45, 2.75) is 19.3 Å². The van der Waals surface area contributed by atoms with Gasteiger partial charge in [0.25, 0.3) is 0 Å². The molecule has 1 aliphatic rings.